The molecule has 0 unspecified atom stereocenters. The van der Waals surface area contributed by atoms with E-state index in [1.54, 1.807) is 0 Å². The minimum Gasteiger partial charge on any atom is -0.360 e. The van der Waals surface area contributed by atoms with Crippen LogP contribution in [0.5, 0.6) is 0 Å². The molecule has 0 aromatic carbocycles. The van der Waals surface area contributed by atoms with Gasteiger partial charge in [0.05, 0.1) is 12.2 Å². The normalized spacial score (nSPS) is 23.8. The maximum absolute atomic E-state index is 5.31. The van der Waals surface area contributed by atoms with Crippen LogP contribution in [0, 0.1) is 6.92 Å². The lowest BCUT2D eigenvalue weighted by atomic mass is 10.0. The maximum Gasteiger partial charge on any atom is 0.150 e. The number of aryl methyl sites for hydroxylation is 1. The molecule has 2 aliphatic heterocycles. The molecule has 0 spiro atoms. The summed E-state index contributed by atoms with van der Waals surface area (Å²) < 4.78 is 5.31. The molecule has 0 aliphatic carbocycles. The summed E-state index contributed by atoms with van der Waals surface area (Å²) in [6, 6.07) is 2.86. The van der Waals surface area contributed by atoms with E-state index in [4.69, 9.17) is 4.52 Å². The van der Waals surface area contributed by atoms with Crippen molar-refractivity contribution in [2.45, 2.75) is 32.4 Å². The highest BCUT2D eigenvalue weighted by Gasteiger charge is 2.26. The summed E-state index contributed by atoms with van der Waals surface area (Å²) in [5.41, 5.74) is 0.982. The van der Waals surface area contributed by atoms with Gasteiger partial charge in [0.2, 0.25) is 0 Å². The summed E-state index contributed by atoms with van der Waals surface area (Å²) in [4.78, 5) is 5.20. The molecule has 5 heteroatoms. The van der Waals surface area contributed by atoms with Crippen LogP contribution in [0.3, 0.4) is 0 Å². The first kappa shape index (κ1) is 13.5. The van der Waals surface area contributed by atoms with Gasteiger partial charge in [0.15, 0.2) is 5.76 Å². The first-order valence-electron chi connectivity index (χ1n) is 7.27. The van der Waals surface area contributed by atoms with Crippen molar-refractivity contribution in [1.29, 1.82) is 0 Å². The molecule has 3 heterocycles. The summed E-state index contributed by atoms with van der Waals surface area (Å²) in [5.74, 6) is 3.64. The molecule has 2 aliphatic rings. The number of likely N-dealkylation sites (tertiary alicyclic amines) is 1. The van der Waals surface area contributed by atoms with Crippen molar-refractivity contribution in [1.82, 2.24) is 15.0 Å². The van der Waals surface area contributed by atoms with Gasteiger partial charge in [0, 0.05) is 49.8 Å². The highest BCUT2D eigenvalue weighted by molar-refractivity contribution is 7.99. The molecule has 0 radical (unpaired) electrons. The van der Waals surface area contributed by atoms with Crippen molar-refractivity contribution < 1.29 is 4.52 Å². The van der Waals surface area contributed by atoms with E-state index >= 15 is 0 Å². The first-order chi connectivity index (χ1) is 9.31. The zero-order valence-electron chi connectivity index (χ0n) is 11.7. The van der Waals surface area contributed by atoms with Gasteiger partial charge in [0.1, 0.15) is 0 Å². The van der Waals surface area contributed by atoms with E-state index in [1.165, 1.54) is 50.5 Å². The Morgan fingerprint density at radius 2 is 2.00 bits per heavy atom. The van der Waals surface area contributed by atoms with Gasteiger partial charge < -0.3 is 4.52 Å². The molecule has 106 valence electrons. The molecular weight excluding hydrogens is 258 g/mol. The quantitative estimate of drug-likeness (QED) is 0.846. The van der Waals surface area contributed by atoms with Gasteiger partial charge in [0.25, 0.3) is 0 Å². The van der Waals surface area contributed by atoms with E-state index in [0.717, 1.165) is 24.0 Å². The second-order valence-electron chi connectivity index (χ2n) is 5.59. The van der Waals surface area contributed by atoms with Crippen molar-refractivity contribution in [3.8, 4) is 0 Å². The third-order valence-electron chi connectivity index (χ3n) is 4.18. The Bertz CT molecular complexity index is 395. The molecule has 19 heavy (non-hydrogen) atoms. The van der Waals surface area contributed by atoms with Crippen molar-refractivity contribution in [2.24, 2.45) is 0 Å². The van der Waals surface area contributed by atoms with Gasteiger partial charge >= 0.3 is 0 Å². The number of hydrogen-bond donors (Lipinski definition) is 0. The number of rotatable bonds is 3. The lowest BCUT2D eigenvalue weighted by molar-refractivity contribution is 0.106. The van der Waals surface area contributed by atoms with Gasteiger partial charge in [-0.15, -0.1) is 0 Å². The highest BCUT2D eigenvalue weighted by Crippen LogP contribution is 2.21. The molecule has 0 bridgehead atoms. The van der Waals surface area contributed by atoms with E-state index in [2.05, 4.69) is 26.7 Å². The fourth-order valence-corrected chi connectivity index (χ4v) is 4.03. The van der Waals surface area contributed by atoms with E-state index in [-0.39, 0.29) is 0 Å². The molecule has 2 fully saturated rings. The van der Waals surface area contributed by atoms with Crippen LogP contribution in [0.15, 0.2) is 10.6 Å². The summed E-state index contributed by atoms with van der Waals surface area (Å²) in [6.07, 6.45) is 2.61. The second kappa shape index (κ2) is 6.29. The lowest BCUT2D eigenvalue weighted by Gasteiger charge is -2.39. The smallest absolute Gasteiger partial charge is 0.150 e. The molecule has 0 amide bonds. The van der Waals surface area contributed by atoms with E-state index in [9.17, 15) is 0 Å². The molecule has 3 rings (SSSR count). The van der Waals surface area contributed by atoms with Crippen LogP contribution in [-0.2, 0) is 6.54 Å². The zero-order valence-corrected chi connectivity index (χ0v) is 12.5. The third kappa shape index (κ3) is 3.52. The Hall–Kier alpha value is -0.520. The van der Waals surface area contributed by atoms with Crippen LogP contribution < -0.4 is 0 Å². The Kier molecular flexibility index (Phi) is 4.45. The molecule has 4 nitrogen and oxygen atoms in total. The van der Waals surface area contributed by atoms with E-state index < -0.39 is 0 Å². The summed E-state index contributed by atoms with van der Waals surface area (Å²) in [6.45, 7) is 7.85. The first-order valence-corrected chi connectivity index (χ1v) is 8.43. The van der Waals surface area contributed by atoms with Gasteiger partial charge in [-0.3, -0.25) is 9.80 Å². The molecular formula is C14H23N3OS. The SMILES string of the molecule is Cc1cc(CN2CCC(N3CCSCC3)CC2)on1. The van der Waals surface area contributed by atoms with Crippen LogP contribution in [0.2, 0.25) is 0 Å². The fraction of sp³-hybridized carbons (Fsp3) is 0.786. The Morgan fingerprint density at radius 3 is 2.63 bits per heavy atom. The predicted octanol–water partition coefficient (Wildman–Crippen LogP) is 2.00. The zero-order chi connectivity index (χ0) is 13.1. The molecule has 0 saturated carbocycles. The van der Waals surface area contributed by atoms with E-state index in [0.29, 0.717) is 0 Å². The number of hydrogen-bond acceptors (Lipinski definition) is 5. The van der Waals surface area contributed by atoms with Crippen molar-refractivity contribution >= 4 is 11.8 Å². The second-order valence-corrected chi connectivity index (χ2v) is 6.82. The van der Waals surface area contributed by atoms with Crippen LogP contribution in [0.4, 0.5) is 0 Å². The van der Waals surface area contributed by atoms with Crippen LogP contribution in [0.25, 0.3) is 0 Å². The number of nitrogens with zero attached hydrogens (tertiary/aromatic N) is 3. The summed E-state index contributed by atoms with van der Waals surface area (Å²) in [5, 5.41) is 3.96. The molecule has 1 aromatic heterocycles. The van der Waals surface area contributed by atoms with Crippen molar-refractivity contribution in [3.63, 3.8) is 0 Å². The minimum atomic E-state index is 0.814. The molecule has 0 N–H and O–H groups in total. The Balaban J connectivity index is 1.46. The van der Waals surface area contributed by atoms with E-state index in [1.807, 2.05) is 13.0 Å². The topological polar surface area (TPSA) is 32.5 Å². The van der Waals surface area contributed by atoms with Gasteiger partial charge in [-0.2, -0.15) is 11.8 Å². The number of piperidine rings is 1. The van der Waals surface area contributed by atoms with Crippen LogP contribution >= 0.6 is 11.8 Å². The van der Waals surface area contributed by atoms with Crippen molar-refractivity contribution in [3.05, 3.63) is 17.5 Å². The lowest BCUT2D eigenvalue weighted by Crippen LogP contribution is -2.47. The predicted molar refractivity (Wildman–Crippen MR) is 78.4 cm³/mol. The molecule has 1 aromatic rings. The molecule has 0 atom stereocenters. The Labute approximate surface area is 119 Å². The largest absolute Gasteiger partial charge is 0.360 e. The van der Waals surface area contributed by atoms with Crippen LogP contribution in [-0.4, -0.2) is 58.7 Å². The van der Waals surface area contributed by atoms with Gasteiger partial charge in [-0.25, -0.2) is 0 Å². The average Bonchev–Trinajstić information content (AvgIpc) is 2.86. The number of aromatic nitrogens is 1. The van der Waals surface area contributed by atoms with Gasteiger partial charge in [-0.05, 0) is 19.8 Å². The van der Waals surface area contributed by atoms with Crippen molar-refractivity contribution in [2.75, 3.05) is 37.7 Å². The fourth-order valence-electron chi connectivity index (χ4n) is 3.10. The third-order valence-corrected chi connectivity index (χ3v) is 5.12. The standard InChI is InChI=1S/C14H23N3OS/c1-12-10-14(18-15-12)11-16-4-2-13(3-5-16)17-6-8-19-9-7-17/h10,13H,2-9,11H2,1H3. The highest BCUT2D eigenvalue weighted by atomic mass is 32.2. The maximum atomic E-state index is 5.31. The van der Waals surface area contributed by atoms with Crippen LogP contribution in [0.1, 0.15) is 24.3 Å². The monoisotopic (exact) mass is 281 g/mol. The summed E-state index contributed by atoms with van der Waals surface area (Å²) >= 11 is 2.10. The summed E-state index contributed by atoms with van der Waals surface area (Å²) in [7, 11) is 0. The van der Waals surface area contributed by atoms with Gasteiger partial charge in [-0.1, -0.05) is 5.16 Å². The minimum absolute atomic E-state index is 0.814. The molecule has 2 saturated heterocycles. The number of thioether (sulfide) groups is 1. The average molecular weight is 281 g/mol. The Morgan fingerprint density at radius 1 is 1.26 bits per heavy atom.